The van der Waals surface area contributed by atoms with E-state index in [9.17, 15) is 5.11 Å². The molecule has 0 radical (unpaired) electrons. The summed E-state index contributed by atoms with van der Waals surface area (Å²) >= 11 is 3.43. The molecule has 0 saturated heterocycles. The van der Waals surface area contributed by atoms with E-state index < -0.39 is 6.10 Å². The molecule has 0 saturated carbocycles. The highest BCUT2D eigenvalue weighted by Gasteiger charge is 2.11. The van der Waals surface area contributed by atoms with E-state index in [4.69, 9.17) is 0 Å². The van der Waals surface area contributed by atoms with Gasteiger partial charge in [0.25, 0.3) is 0 Å². The van der Waals surface area contributed by atoms with Crippen molar-refractivity contribution in [2.24, 2.45) is 0 Å². The monoisotopic (exact) mass is 309 g/mol. The highest BCUT2D eigenvalue weighted by atomic mass is 79.9. The maximum atomic E-state index is 10.1. The van der Waals surface area contributed by atoms with Crippen LogP contribution in [-0.2, 0) is 19.4 Å². The molecule has 0 fully saturated rings. The summed E-state index contributed by atoms with van der Waals surface area (Å²) < 4.78 is 2.84. The van der Waals surface area contributed by atoms with E-state index in [0.717, 1.165) is 22.4 Å². The quantitative estimate of drug-likeness (QED) is 0.921. The highest BCUT2D eigenvalue weighted by molar-refractivity contribution is 9.10. The largest absolute Gasteiger partial charge is 0.392 e. The maximum Gasteiger partial charge on any atom is 0.138 e. The van der Waals surface area contributed by atoms with Crippen molar-refractivity contribution in [1.29, 1.82) is 0 Å². The van der Waals surface area contributed by atoms with Gasteiger partial charge in [-0.2, -0.15) is 5.10 Å². The third-order valence-corrected chi connectivity index (χ3v) is 3.27. The number of aromatic nitrogens is 3. The predicted octanol–water partition coefficient (Wildman–Crippen LogP) is 2.21. The Labute approximate surface area is 115 Å². The molecule has 18 heavy (non-hydrogen) atoms. The Morgan fingerprint density at radius 3 is 2.94 bits per heavy atom. The fraction of sp³-hybridized carbons (Fsp3) is 0.385. The van der Waals surface area contributed by atoms with Crippen LogP contribution in [0.25, 0.3) is 0 Å². The lowest BCUT2D eigenvalue weighted by molar-refractivity contribution is 0.171. The number of aliphatic hydroxyl groups is 1. The number of rotatable bonds is 5. The molecule has 0 amide bonds. The van der Waals surface area contributed by atoms with Crippen molar-refractivity contribution in [3.05, 3.63) is 46.5 Å². The van der Waals surface area contributed by atoms with Crippen LogP contribution in [0.5, 0.6) is 0 Å². The van der Waals surface area contributed by atoms with Gasteiger partial charge in [-0.25, -0.2) is 4.98 Å². The average molecular weight is 310 g/mol. The second-order valence-corrected chi connectivity index (χ2v) is 5.10. The van der Waals surface area contributed by atoms with Gasteiger partial charge in [-0.3, -0.25) is 4.68 Å². The fourth-order valence-corrected chi connectivity index (χ4v) is 2.38. The van der Waals surface area contributed by atoms with Gasteiger partial charge in [0.1, 0.15) is 12.2 Å². The molecule has 0 aliphatic carbocycles. The Bertz CT molecular complexity index is 512. The van der Waals surface area contributed by atoms with Crippen LogP contribution in [0.15, 0.2) is 35.1 Å². The van der Waals surface area contributed by atoms with Gasteiger partial charge in [-0.15, -0.1) is 0 Å². The molecule has 0 aliphatic rings. The van der Waals surface area contributed by atoms with Crippen LogP contribution >= 0.6 is 15.9 Å². The minimum atomic E-state index is -0.436. The van der Waals surface area contributed by atoms with E-state index in [2.05, 4.69) is 26.0 Å². The molecule has 1 aromatic carbocycles. The lowest BCUT2D eigenvalue weighted by atomic mass is 10.1. The van der Waals surface area contributed by atoms with E-state index in [-0.39, 0.29) is 0 Å². The Morgan fingerprint density at radius 2 is 2.22 bits per heavy atom. The summed E-state index contributed by atoms with van der Waals surface area (Å²) in [6.07, 6.45) is 2.25. The number of aliphatic hydroxyl groups excluding tert-OH is 1. The van der Waals surface area contributed by atoms with Gasteiger partial charge >= 0.3 is 0 Å². The van der Waals surface area contributed by atoms with Crippen LogP contribution < -0.4 is 0 Å². The van der Waals surface area contributed by atoms with E-state index in [1.165, 1.54) is 6.33 Å². The Balaban J connectivity index is 1.98. The standard InChI is InChI=1S/C13H16BrN3O/c1-2-17-13(15-9-16-17)8-12(18)7-10-4-3-5-11(14)6-10/h3-6,9,12,18H,2,7-8H2,1H3. The van der Waals surface area contributed by atoms with Gasteiger partial charge in [0.05, 0.1) is 6.10 Å². The lowest BCUT2D eigenvalue weighted by Gasteiger charge is -2.11. The van der Waals surface area contributed by atoms with E-state index >= 15 is 0 Å². The summed E-state index contributed by atoms with van der Waals surface area (Å²) in [6.45, 7) is 2.79. The van der Waals surface area contributed by atoms with Crippen molar-refractivity contribution < 1.29 is 5.11 Å². The minimum absolute atomic E-state index is 0.436. The zero-order valence-corrected chi connectivity index (χ0v) is 11.8. The molecule has 5 heteroatoms. The number of hydrogen-bond acceptors (Lipinski definition) is 3. The molecular formula is C13H16BrN3O. The summed E-state index contributed by atoms with van der Waals surface area (Å²) in [5, 5.41) is 14.2. The second-order valence-electron chi connectivity index (χ2n) is 4.18. The van der Waals surface area contributed by atoms with Crippen molar-refractivity contribution in [2.45, 2.75) is 32.4 Å². The maximum absolute atomic E-state index is 10.1. The number of aryl methyl sites for hydroxylation is 1. The molecule has 1 heterocycles. The molecule has 2 aromatic rings. The summed E-state index contributed by atoms with van der Waals surface area (Å²) in [7, 11) is 0. The zero-order chi connectivity index (χ0) is 13.0. The first kappa shape index (κ1) is 13.2. The SMILES string of the molecule is CCn1ncnc1CC(O)Cc1cccc(Br)c1. The highest BCUT2D eigenvalue weighted by Crippen LogP contribution is 2.14. The smallest absolute Gasteiger partial charge is 0.138 e. The molecule has 1 atom stereocenters. The summed E-state index contributed by atoms with van der Waals surface area (Å²) in [5.74, 6) is 0.833. The molecule has 1 aromatic heterocycles. The first-order chi connectivity index (χ1) is 8.69. The van der Waals surface area contributed by atoms with Crippen LogP contribution in [0.1, 0.15) is 18.3 Å². The van der Waals surface area contributed by atoms with Crippen molar-refractivity contribution in [3.8, 4) is 0 Å². The van der Waals surface area contributed by atoms with Gasteiger partial charge in [-0.05, 0) is 31.0 Å². The van der Waals surface area contributed by atoms with Crippen LogP contribution in [0.3, 0.4) is 0 Å². The predicted molar refractivity (Wildman–Crippen MR) is 73.3 cm³/mol. The van der Waals surface area contributed by atoms with E-state index in [0.29, 0.717) is 12.8 Å². The molecule has 0 spiro atoms. The fourth-order valence-electron chi connectivity index (χ4n) is 1.93. The van der Waals surface area contributed by atoms with E-state index in [1.54, 1.807) is 0 Å². The summed E-state index contributed by atoms with van der Waals surface area (Å²) in [5.41, 5.74) is 1.11. The van der Waals surface area contributed by atoms with Crippen LogP contribution in [0.2, 0.25) is 0 Å². The first-order valence-electron chi connectivity index (χ1n) is 5.98. The Kier molecular flexibility index (Phi) is 4.49. The zero-order valence-electron chi connectivity index (χ0n) is 10.3. The Morgan fingerprint density at radius 1 is 1.39 bits per heavy atom. The molecule has 96 valence electrons. The van der Waals surface area contributed by atoms with Crippen LogP contribution in [0.4, 0.5) is 0 Å². The van der Waals surface area contributed by atoms with Gasteiger partial charge in [0.2, 0.25) is 0 Å². The summed E-state index contributed by atoms with van der Waals surface area (Å²) in [6, 6.07) is 7.98. The normalized spacial score (nSPS) is 12.6. The molecule has 0 bridgehead atoms. The minimum Gasteiger partial charge on any atom is -0.392 e. The first-order valence-corrected chi connectivity index (χ1v) is 6.77. The van der Waals surface area contributed by atoms with Crippen molar-refractivity contribution >= 4 is 15.9 Å². The Hall–Kier alpha value is -1.20. The van der Waals surface area contributed by atoms with Gasteiger partial charge in [0, 0.05) is 17.4 Å². The average Bonchev–Trinajstić information content (AvgIpc) is 2.76. The van der Waals surface area contributed by atoms with Gasteiger partial charge < -0.3 is 5.11 Å². The number of nitrogens with zero attached hydrogens (tertiary/aromatic N) is 3. The van der Waals surface area contributed by atoms with E-state index in [1.807, 2.05) is 35.9 Å². The molecule has 1 unspecified atom stereocenters. The van der Waals surface area contributed by atoms with Crippen molar-refractivity contribution in [3.63, 3.8) is 0 Å². The van der Waals surface area contributed by atoms with Crippen molar-refractivity contribution in [2.75, 3.05) is 0 Å². The van der Waals surface area contributed by atoms with Gasteiger partial charge in [0.15, 0.2) is 0 Å². The number of halogens is 1. The third-order valence-electron chi connectivity index (χ3n) is 2.77. The second kappa shape index (κ2) is 6.11. The van der Waals surface area contributed by atoms with Crippen molar-refractivity contribution in [1.82, 2.24) is 14.8 Å². The topological polar surface area (TPSA) is 50.9 Å². The molecule has 0 aliphatic heterocycles. The lowest BCUT2D eigenvalue weighted by Crippen LogP contribution is -2.17. The summed E-state index contributed by atoms with van der Waals surface area (Å²) in [4.78, 5) is 4.17. The molecule has 2 rings (SSSR count). The van der Waals surface area contributed by atoms with Gasteiger partial charge in [-0.1, -0.05) is 28.1 Å². The number of hydrogen-bond donors (Lipinski definition) is 1. The number of benzene rings is 1. The molecule has 4 nitrogen and oxygen atoms in total. The van der Waals surface area contributed by atoms with Crippen LogP contribution in [-0.4, -0.2) is 26.0 Å². The van der Waals surface area contributed by atoms with Crippen LogP contribution in [0, 0.1) is 0 Å². The molecular weight excluding hydrogens is 294 g/mol. The molecule has 1 N–H and O–H groups in total. The third kappa shape index (κ3) is 3.40.